The van der Waals surface area contributed by atoms with Gasteiger partial charge in [0.1, 0.15) is 5.75 Å². The van der Waals surface area contributed by atoms with Gasteiger partial charge in [-0.2, -0.15) is 0 Å². The third-order valence-electron chi connectivity index (χ3n) is 2.73. The van der Waals surface area contributed by atoms with Gasteiger partial charge in [-0.15, -0.1) is 0 Å². The van der Waals surface area contributed by atoms with Crippen molar-refractivity contribution in [3.63, 3.8) is 0 Å². The van der Waals surface area contributed by atoms with Crippen LogP contribution in [0.25, 0.3) is 0 Å². The zero-order chi connectivity index (χ0) is 16.7. The molecule has 0 saturated carbocycles. The van der Waals surface area contributed by atoms with Crippen LogP contribution in [0.3, 0.4) is 0 Å². The van der Waals surface area contributed by atoms with Crippen molar-refractivity contribution >= 4 is 35.0 Å². The van der Waals surface area contributed by atoms with Gasteiger partial charge in [-0.05, 0) is 24.3 Å². The number of ether oxygens (including phenoxy) is 1. The smallest absolute Gasteiger partial charge is 0.287 e. The van der Waals surface area contributed by atoms with E-state index in [2.05, 4.69) is 10.6 Å². The Balaban J connectivity index is 1.65. The third-order valence-corrected chi connectivity index (χ3v) is 3.28. The van der Waals surface area contributed by atoms with Crippen molar-refractivity contribution in [3.8, 4) is 5.75 Å². The molecule has 122 valence electrons. The van der Waals surface area contributed by atoms with E-state index < -0.39 is 0 Å². The molecule has 8 heteroatoms. The summed E-state index contributed by atoms with van der Waals surface area (Å²) in [6, 6.07) is 7.91. The van der Waals surface area contributed by atoms with Crippen LogP contribution in [0.15, 0.2) is 41.0 Å². The van der Waals surface area contributed by atoms with E-state index in [9.17, 15) is 9.59 Å². The maximum Gasteiger partial charge on any atom is 0.287 e. The fraction of sp³-hybridized carbons (Fsp3) is 0.200. The number of nitrogens with one attached hydrogen (secondary N) is 2. The Bertz CT molecular complexity index is 674. The Morgan fingerprint density at radius 1 is 1.13 bits per heavy atom. The van der Waals surface area contributed by atoms with Crippen LogP contribution in [-0.4, -0.2) is 31.5 Å². The first kappa shape index (κ1) is 17.2. The first-order valence-corrected chi connectivity index (χ1v) is 7.48. The van der Waals surface area contributed by atoms with Crippen molar-refractivity contribution in [2.75, 3.05) is 19.7 Å². The van der Waals surface area contributed by atoms with Gasteiger partial charge in [-0.3, -0.25) is 9.59 Å². The largest absolute Gasteiger partial charge is 0.482 e. The molecule has 23 heavy (non-hydrogen) atoms. The maximum absolute atomic E-state index is 11.6. The van der Waals surface area contributed by atoms with Crippen molar-refractivity contribution in [2.45, 2.75) is 0 Å². The van der Waals surface area contributed by atoms with Crippen LogP contribution in [-0.2, 0) is 4.79 Å². The molecule has 0 aliphatic carbocycles. The highest BCUT2D eigenvalue weighted by Crippen LogP contribution is 2.27. The molecule has 0 spiro atoms. The number of amides is 2. The summed E-state index contributed by atoms with van der Waals surface area (Å²) in [6.07, 6.45) is 1.41. The van der Waals surface area contributed by atoms with Crippen LogP contribution in [0.2, 0.25) is 10.0 Å². The molecule has 0 atom stereocenters. The highest BCUT2D eigenvalue weighted by molar-refractivity contribution is 6.34. The number of halogens is 2. The van der Waals surface area contributed by atoms with Gasteiger partial charge < -0.3 is 19.8 Å². The van der Waals surface area contributed by atoms with Crippen molar-refractivity contribution in [2.24, 2.45) is 0 Å². The molecule has 2 amide bonds. The van der Waals surface area contributed by atoms with Gasteiger partial charge in [-0.25, -0.2) is 0 Å². The number of hydrogen-bond acceptors (Lipinski definition) is 4. The lowest BCUT2D eigenvalue weighted by Gasteiger charge is -2.09. The molecule has 1 aromatic carbocycles. The molecular formula is C15H14Cl2N2O4. The molecule has 1 aromatic heterocycles. The Morgan fingerprint density at radius 2 is 1.91 bits per heavy atom. The van der Waals surface area contributed by atoms with Crippen LogP contribution in [0.1, 0.15) is 10.6 Å². The summed E-state index contributed by atoms with van der Waals surface area (Å²) in [7, 11) is 0. The van der Waals surface area contributed by atoms with Crippen LogP contribution in [0.5, 0.6) is 5.75 Å². The summed E-state index contributed by atoms with van der Waals surface area (Å²) in [5.74, 6) is -0.129. The minimum Gasteiger partial charge on any atom is -0.482 e. The molecule has 0 saturated heterocycles. The Kier molecular flexibility index (Phi) is 6.31. The van der Waals surface area contributed by atoms with E-state index in [1.807, 2.05) is 0 Å². The summed E-state index contributed by atoms with van der Waals surface area (Å²) in [4.78, 5) is 23.2. The van der Waals surface area contributed by atoms with E-state index in [4.69, 9.17) is 32.4 Å². The lowest BCUT2D eigenvalue weighted by molar-refractivity contribution is -0.123. The van der Waals surface area contributed by atoms with Crippen molar-refractivity contribution < 1.29 is 18.7 Å². The molecule has 0 fully saturated rings. The normalized spacial score (nSPS) is 10.2. The molecular weight excluding hydrogens is 343 g/mol. The summed E-state index contributed by atoms with van der Waals surface area (Å²) in [5, 5.41) is 6.04. The zero-order valence-corrected chi connectivity index (χ0v) is 13.5. The highest BCUT2D eigenvalue weighted by Gasteiger charge is 2.08. The number of hydrogen-bond donors (Lipinski definition) is 2. The summed E-state index contributed by atoms with van der Waals surface area (Å²) in [6.45, 7) is 0.327. The van der Waals surface area contributed by atoms with Crippen molar-refractivity contribution in [3.05, 3.63) is 52.4 Å². The van der Waals surface area contributed by atoms with Gasteiger partial charge >= 0.3 is 0 Å². The van der Waals surface area contributed by atoms with Gasteiger partial charge in [0, 0.05) is 24.2 Å². The average molecular weight is 357 g/mol. The average Bonchev–Trinajstić information content (AvgIpc) is 3.06. The molecule has 0 aliphatic rings. The SMILES string of the molecule is O=C(COc1cc(Cl)ccc1Cl)NCCNC(=O)c1ccco1. The second-order valence-corrected chi connectivity index (χ2v) is 5.29. The quantitative estimate of drug-likeness (QED) is 0.747. The lowest BCUT2D eigenvalue weighted by Crippen LogP contribution is -2.36. The molecule has 2 N–H and O–H groups in total. The van der Waals surface area contributed by atoms with Crippen LogP contribution in [0, 0.1) is 0 Å². The fourth-order valence-electron chi connectivity index (χ4n) is 1.65. The Hall–Kier alpha value is -2.18. The number of benzene rings is 1. The number of carbonyl (C=O) groups is 2. The number of carbonyl (C=O) groups excluding carboxylic acids is 2. The van der Waals surface area contributed by atoms with E-state index in [1.54, 1.807) is 24.3 Å². The summed E-state index contributed by atoms with van der Waals surface area (Å²) >= 11 is 11.7. The van der Waals surface area contributed by atoms with Gasteiger partial charge in [0.05, 0.1) is 11.3 Å². The molecule has 6 nitrogen and oxygen atoms in total. The zero-order valence-electron chi connectivity index (χ0n) is 12.0. The topological polar surface area (TPSA) is 80.6 Å². The Morgan fingerprint density at radius 3 is 2.65 bits per heavy atom. The van der Waals surface area contributed by atoms with E-state index in [1.165, 1.54) is 12.3 Å². The molecule has 1 heterocycles. The first-order valence-electron chi connectivity index (χ1n) is 6.72. The first-order chi connectivity index (χ1) is 11.1. The monoisotopic (exact) mass is 356 g/mol. The summed E-state index contributed by atoms with van der Waals surface area (Å²) in [5.41, 5.74) is 0. The molecule has 0 unspecified atom stereocenters. The van der Waals surface area contributed by atoms with Gasteiger partial charge in [0.15, 0.2) is 12.4 Å². The van der Waals surface area contributed by atoms with Gasteiger partial charge in [0.2, 0.25) is 0 Å². The standard InChI is InChI=1S/C15H14Cl2N2O4/c16-10-3-4-11(17)13(8-10)23-9-14(20)18-5-6-19-15(21)12-2-1-7-22-12/h1-4,7-8H,5-6,9H2,(H,18,20)(H,19,21). The summed E-state index contributed by atoms with van der Waals surface area (Å²) < 4.78 is 10.2. The Labute approximate surface area is 142 Å². The van der Waals surface area contributed by atoms with Crippen molar-refractivity contribution in [1.82, 2.24) is 10.6 Å². The second kappa shape index (κ2) is 8.45. The van der Waals surface area contributed by atoms with Crippen molar-refractivity contribution in [1.29, 1.82) is 0 Å². The molecule has 2 rings (SSSR count). The molecule has 2 aromatic rings. The minimum atomic E-state index is -0.341. The van der Waals surface area contributed by atoms with E-state index in [0.29, 0.717) is 15.8 Å². The van der Waals surface area contributed by atoms with E-state index in [0.717, 1.165) is 0 Å². The van der Waals surface area contributed by atoms with Gasteiger partial charge in [0.25, 0.3) is 11.8 Å². The third kappa shape index (κ3) is 5.50. The molecule has 0 aliphatic heterocycles. The number of rotatable bonds is 7. The second-order valence-electron chi connectivity index (χ2n) is 4.45. The van der Waals surface area contributed by atoms with E-state index in [-0.39, 0.29) is 37.3 Å². The van der Waals surface area contributed by atoms with Crippen LogP contribution < -0.4 is 15.4 Å². The highest BCUT2D eigenvalue weighted by atomic mass is 35.5. The van der Waals surface area contributed by atoms with Crippen LogP contribution >= 0.6 is 23.2 Å². The molecule has 0 radical (unpaired) electrons. The maximum atomic E-state index is 11.6. The van der Waals surface area contributed by atoms with Gasteiger partial charge in [-0.1, -0.05) is 23.2 Å². The van der Waals surface area contributed by atoms with Crippen LogP contribution in [0.4, 0.5) is 0 Å². The predicted octanol–water partition coefficient (Wildman–Crippen LogP) is 2.51. The number of furan rings is 1. The predicted molar refractivity (Wildman–Crippen MR) is 86.0 cm³/mol. The lowest BCUT2D eigenvalue weighted by atomic mass is 10.3. The van der Waals surface area contributed by atoms with E-state index >= 15 is 0 Å². The minimum absolute atomic E-state index is 0.202. The fourth-order valence-corrected chi connectivity index (χ4v) is 1.99. The molecule has 0 bridgehead atoms.